The monoisotopic (exact) mass is 301 g/mol. The van der Waals surface area contributed by atoms with Crippen molar-refractivity contribution in [3.05, 3.63) is 0 Å². The van der Waals surface area contributed by atoms with E-state index in [4.69, 9.17) is 5.11 Å². The van der Waals surface area contributed by atoms with E-state index in [0.29, 0.717) is 18.5 Å². The van der Waals surface area contributed by atoms with Crippen LogP contribution in [0.3, 0.4) is 0 Å². The molecule has 1 atom stereocenters. The number of carbonyl (C=O) groups excluding carboxylic acids is 2. The highest BCUT2D eigenvalue weighted by Crippen LogP contribution is 2.17. The second kappa shape index (κ2) is 8.58. The summed E-state index contributed by atoms with van der Waals surface area (Å²) < 4.78 is 4.58. The summed E-state index contributed by atoms with van der Waals surface area (Å²) in [7, 11) is 0. The minimum absolute atomic E-state index is 0.386. The molecule has 1 fully saturated rings. The number of rotatable bonds is 7. The lowest BCUT2D eigenvalue weighted by atomic mass is 10.1. The van der Waals surface area contributed by atoms with Gasteiger partial charge in [0.05, 0.1) is 0 Å². The summed E-state index contributed by atoms with van der Waals surface area (Å²) in [4.78, 5) is 35.3. The van der Waals surface area contributed by atoms with Crippen LogP contribution in [0.4, 0.5) is 4.79 Å². The van der Waals surface area contributed by atoms with Gasteiger partial charge >= 0.3 is 12.0 Å². The molecule has 0 aromatic carbocycles. The van der Waals surface area contributed by atoms with Gasteiger partial charge in [-0.3, -0.25) is 10.1 Å². The molecule has 1 aliphatic heterocycles. The van der Waals surface area contributed by atoms with Gasteiger partial charge in [-0.2, -0.15) is 0 Å². The van der Waals surface area contributed by atoms with Gasteiger partial charge in [-0.25, -0.2) is 9.59 Å². The standard InChI is InChI=1S/C13H23N3O5/c1-9(2)16-4-3-10(6-16)5-14-13(20)15-11(17)7-21-8-12(18)19/h9-10H,3-8H2,1-2H3,(H,18,19)(H2,14,15,17,20). The molecular weight excluding hydrogens is 278 g/mol. The Bertz CT molecular complexity index is 386. The molecule has 1 aliphatic rings. The molecule has 0 radical (unpaired) electrons. The predicted molar refractivity (Wildman–Crippen MR) is 74.8 cm³/mol. The fraction of sp³-hybridized carbons (Fsp3) is 0.769. The van der Waals surface area contributed by atoms with Crippen LogP contribution in [0.5, 0.6) is 0 Å². The van der Waals surface area contributed by atoms with Crippen LogP contribution in [0.25, 0.3) is 0 Å². The number of nitrogens with zero attached hydrogens (tertiary/aromatic N) is 1. The molecule has 0 bridgehead atoms. The number of carboxylic acids is 1. The lowest BCUT2D eigenvalue weighted by molar-refractivity contribution is -0.143. The number of hydrogen-bond donors (Lipinski definition) is 3. The van der Waals surface area contributed by atoms with Crippen LogP contribution < -0.4 is 10.6 Å². The smallest absolute Gasteiger partial charge is 0.329 e. The molecule has 0 spiro atoms. The molecule has 0 aliphatic carbocycles. The Morgan fingerprint density at radius 1 is 1.33 bits per heavy atom. The van der Waals surface area contributed by atoms with Crippen LogP contribution in [0, 0.1) is 5.92 Å². The van der Waals surface area contributed by atoms with E-state index in [0.717, 1.165) is 19.5 Å². The summed E-state index contributed by atoms with van der Waals surface area (Å²) in [5.74, 6) is -1.44. The number of ether oxygens (including phenoxy) is 1. The van der Waals surface area contributed by atoms with Gasteiger partial charge in [0.25, 0.3) is 5.91 Å². The number of carboxylic acid groups (broad SMARTS) is 1. The second-order valence-corrected chi connectivity index (χ2v) is 5.39. The van der Waals surface area contributed by atoms with E-state index in [1.807, 2.05) is 0 Å². The average molecular weight is 301 g/mol. The van der Waals surface area contributed by atoms with Crippen LogP contribution in [0.1, 0.15) is 20.3 Å². The summed E-state index contributed by atoms with van der Waals surface area (Å²) in [6, 6.07) is -0.0845. The Balaban J connectivity index is 2.14. The number of urea groups is 1. The first-order valence-corrected chi connectivity index (χ1v) is 6.99. The van der Waals surface area contributed by atoms with E-state index in [1.54, 1.807) is 0 Å². The summed E-state index contributed by atoms with van der Waals surface area (Å²) >= 11 is 0. The van der Waals surface area contributed by atoms with E-state index < -0.39 is 31.1 Å². The van der Waals surface area contributed by atoms with Crippen molar-refractivity contribution in [3.8, 4) is 0 Å². The van der Waals surface area contributed by atoms with Gasteiger partial charge in [0.1, 0.15) is 13.2 Å². The molecule has 8 nitrogen and oxygen atoms in total. The van der Waals surface area contributed by atoms with Gasteiger partial charge in [-0.15, -0.1) is 0 Å². The molecule has 120 valence electrons. The zero-order chi connectivity index (χ0) is 15.8. The highest BCUT2D eigenvalue weighted by molar-refractivity contribution is 5.94. The minimum atomic E-state index is -1.16. The zero-order valence-corrected chi connectivity index (χ0v) is 12.4. The maximum Gasteiger partial charge on any atom is 0.329 e. The fourth-order valence-electron chi connectivity index (χ4n) is 2.17. The molecule has 1 heterocycles. The Hall–Kier alpha value is -1.67. The van der Waals surface area contributed by atoms with Gasteiger partial charge in [-0.1, -0.05) is 0 Å². The summed E-state index contributed by atoms with van der Waals surface area (Å²) in [5.41, 5.74) is 0. The highest BCUT2D eigenvalue weighted by Gasteiger charge is 2.24. The SMILES string of the molecule is CC(C)N1CCC(CNC(=O)NC(=O)COCC(=O)O)C1. The topological polar surface area (TPSA) is 108 Å². The number of amides is 3. The number of carbonyl (C=O) groups is 3. The number of aliphatic carboxylic acids is 1. The number of imide groups is 1. The number of hydrogen-bond acceptors (Lipinski definition) is 5. The molecule has 8 heteroatoms. The third-order valence-electron chi connectivity index (χ3n) is 3.31. The molecule has 0 aromatic heterocycles. The van der Waals surface area contributed by atoms with Crippen molar-refractivity contribution in [2.75, 3.05) is 32.8 Å². The Kier molecular flexibility index (Phi) is 7.10. The van der Waals surface area contributed by atoms with Crippen LogP contribution in [-0.4, -0.2) is 66.8 Å². The zero-order valence-electron chi connectivity index (χ0n) is 12.4. The lowest BCUT2D eigenvalue weighted by Crippen LogP contribution is -2.43. The van der Waals surface area contributed by atoms with Crippen molar-refractivity contribution in [1.29, 1.82) is 0 Å². The fourth-order valence-corrected chi connectivity index (χ4v) is 2.17. The molecule has 3 amide bonds. The second-order valence-electron chi connectivity index (χ2n) is 5.39. The number of nitrogens with one attached hydrogen (secondary N) is 2. The van der Waals surface area contributed by atoms with Crippen LogP contribution >= 0.6 is 0 Å². The summed E-state index contributed by atoms with van der Waals surface area (Å²) in [6.07, 6.45) is 1.02. The Morgan fingerprint density at radius 3 is 2.62 bits per heavy atom. The first kappa shape index (κ1) is 17.4. The average Bonchev–Trinajstić information content (AvgIpc) is 2.84. The van der Waals surface area contributed by atoms with Gasteiger partial charge in [0.15, 0.2) is 0 Å². The molecule has 1 unspecified atom stereocenters. The molecule has 1 saturated heterocycles. The van der Waals surface area contributed by atoms with Crippen molar-refractivity contribution in [2.24, 2.45) is 5.92 Å². The van der Waals surface area contributed by atoms with Crippen molar-refractivity contribution in [3.63, 3.8) is 0 Å². The summed E-state index contributed by atoms with van der Waals surface area (Å²) in [6.45, 7) is 5.72. The van der Waals surface area contributed by atoms with E-state index in [9.17, 15) is 14.4 Å². The van der Waals surface area contributed by atoms with Crippen LogP contribution in [0.15, 0.2) is 0 Å². The molecular formula is C13H23N3O5. The largest absolute Gasteiger partial charge is 0.480 e. The molecule has 1 rings (SSSR count). The third kappa shape index (κ3) is 7.05. The van der Waals surface area contributed by atoms with E-state index >= 15 is 0 Å². The quantitative estimate of drug-likeness (QED) is 0.593. The van der Waals surface area contributed by atoms with E-state index in [2.05, 4.69) is 34.1 Å². The van der Waals surface area contributed by atoms with E-state index in [1.165, 1.54) is 0 Å². The first-order valence-electron chi connectivity index (χ1n) is 6.99. The highest BCUT2D eigenvalue weighted by atomic mass is 16.5. The van der Waals surface area contributed by atoms with Crippen LogP contribution in [0.2, 0.25) is 0 Å². The lowest BCUT2D eigenvalue weighted by Gasteiger charge is -2.20. The molecule has 3 N–H and O–H groups in total. The van der Waals surface area contributed by atoms with Gasteiger partial charge in [-0.05, 0) is 32.7 Å². The Morgan fingerprint density at radius 2 is 2.05 bits per heavy atom. The summed E-state index contributed by atoms with van der Waals surface area (Å²) in [5, 5.41) is 13.1. The van der Waals surface area contributed by atoms with Gasteiger partial charge < -0.3 is 20.1 Å². The van der Waals surface area contributed by atoms with Crippen LogP contribution in [-0.2, 0) is 14.3 Å². The van der Waals surface area contributed by atoms with Gasteiger partial charge in [0, 0.05) is 19.1 Å². The Labute approximate surface area is 123 Å². The maximum absolute atomic E-state index is 11.5. The molecule has 21 heavy (non-hydrogen) atoms. The van der Waals surface area contributed by atoms with Gasteiger partial charge in [0.2, 0.25) is 0 Å². The van der Waals surface area contributed by atoms with Crippen molar-refractivity contribution < 1.29 is 24.2 Å². The minimum Gasteiger partial charge on any atom is -0.480 e. The van der Waals surface area contributed by atoms with Crippen molar-refractivity contribution >= 4 is 17.9 Å². The first-order chi connectivity index (χ1) is 9.88. The third-order valence-corrected chi connectivity index (χ3v) is 3.31. The maximum atomic E-state index is 11.5. The van der Waals surface area contributed by atoms with Crippen molar-refractivity contribution in [1.82, 2.24) is 15.5 Å². The normalized spacial score (nSPS) is 18.7. The molecule has 0 saturated carbocycles. The van der Waals surface area contributed by atoms with E-state index in [-0.39, 0.29) is 0 Å². The van der Waals surface area contributed by atoms with Crippen molar-refractivity contribution in [2.45, 2.75) is 26.3 Å². The predicted octanol–water partition coefficient (Wildman–Crippen LogP) is -0.356. The number of likely N-dealkylation sites (tertiary alicyclic amines) is 1. The molecule has 0 aromatic rings.